The minimum atomic E-state index is 0.193. The Morgan fingerprint density at radius 2 is 2.12 bits per heavy atom. The first-order valence-corrected chi connectivity index (χ1v) is 6.00. The average Bonchev–Trinajstić information content (AvgIpc) is 2.74. The van der Waals surface area contributed by atoms with Crippen LogP contribution in [0.4, 0.5) is 5.95 Å². The molecule has 0 aromatic carbocycles. The van der Waals surface area contributed by atoms with Crippen molar-refractivity contribution >= 4 is 28.6 Å². The molecule has 0 bridgehead atoms. The number of anilines is 1. The lowest BCUT2D eigenvalue weighted by atomic mass is 10.1. The minimum absolute atomic E-state index is 0.193. The highest BCUT2D eigenvalue weighted by atomic mass is 35.5. The van der Waals surface area contributed by atoms with E-state index < -0.39 is 0 Å². The van der Waals surface area contributed by atoms with Crippen molar-refractivity contribution in [2.24, 2.45) is 0 Å². The largest absolute Gasteiger partial charge is 0.368 e. The topological polar surface area (TPSA) is 81.6 Å². The van der Waals surface area contributed by atoms with Crippen molar-refractivity contribution in [2.75, 3.05) is 18.8 Å². The molecule has 0 amide bonds. The number of piperidine rings is 1. The summed E-state index contributed by atoms with van der Waals surface area (Å²) in [5, 5.41) is 8.82. The lowest BCUT2D eigenvalue weighted by Gasteiger charge is -2.23. The molecule has 2 aromatic heterocycles. The molecule has 3 rings (SSSR count). The van der Waals surface area contributed by atoms with Crippen LogP contribution in [0.15, 0.2) is 6.20 Å². The van der Waals surface area contributed by atoms with Gasteiger partial charge < -0.3 is 11.1 Å². The summed E-state index contributed by atoms with van der Waals surface area (Å²) in [6.45, 7) is 2.00. The quantitative estimate of drug-likeness (QED) is 0.740. The minimum Gasteiger partial charge on any atom is -0.368 e. The Hall–Kier alpha value is -1.40. The molecule has 90 valence electrons. The van der Waals surface area contributed by atoms with Crippen molar-refractivity contribution in [3.63, 3.8) is 0 Å². The van der Waals surface area contributed by atoms with Crippen LogP contribution < -0.4 is 11.1 Å². The number of hydrogen-bond acceptors (Lipinski definition) is 5. The maximum atomic E-state index is 6.02. The van der Waals surface area contributed by atoms with Crippen LogP contribution in [-0.4, -0.2) is 32.8 Å². The molecule has 1 fully saturated rings. The van der Waals surface area contributed by atoms with Crippen molar-refractivity contribution < 1.29 is 0 Å². The number of aromatic nitrogens is 4. The van der Waals surface area contributed by atoms with Gasteiger partial charge in [0.15, 0.2) is 5.65 Å². The second-order valence-electron chi connectivity index (χ2n) is 4.18. The zero-order chi connectivity index (χ0) is 11.8. The normalized spacial score (nSPS) is 17.7. The van der Waals surface area contributed by atoms with Crippen molar-refractivity contribution in [1.29, 1.82) is 0 Å². The molecule has 0 radical (unpaired) electrons. The number of hydrogen-bond donors (Lipinski definition) is 2. The molecule has 1 aliphatic rings. The van der Waals surface area contributed by atoms with E-state index in [-0.39, 0.29) is 5.95 Å². The summed E-state index contributed by atoms with van der Waals surface area (Å²) in [7, 11) is 0. The molecule has 7 heteroatoms. The summed E-state index contributed by atoms with van der Waals surface area (Å²) in [4.78, 5) is 8.16. The summed E-state index contributed by atoms with van der Waals surface area (Å²) >= 11 is 6.02. The molecular formula is C10H13ClN6. The van der Waals surface area contributed by atoms with Crippen LogP contribution in [0.3, 0.4) is 0 Å². The van der Waals surface area contributed by atoms with E-state index in [0.29, 0.717) is 11.2 Å². The van der Waals surface area contributed by atoms with Crippen LogP contribution in [0.25, 0.3) is 11.0 Å². The number of nitrogen functional groups attached to an aromatic ring is 1. The van der Waals surface area contributed by atoms with Crippen LogP contribution >= 0.6 is 11.6 Å². The van der Waals surface area contributed by atoms with Crippen molar-refractivity contribution in [3.05, 3.63) is 11.3 Å². The van der Waals surface area contributed by atoms with Crippen LogP contribution in [0, 0.1) is 0 Å². The molecule has 1 saturated heterocycles. The molecule has 2 aromatic rings. The SMILES string of the molecule is Nc1nc(Cl)c2cnn(C3CCNCC3)c2n1. The zero-order valence-electron chi connectivity index (χ0n) is 9.23. The summed E-state index contributed by atoms with van der Waals surface area (Å²) in [5.74, 6) is 0.193. The Bertz CT molecular complexity index is 545. The van der Waals surface area contributed by atoms with Gasteiger partial charge in [-0.25, -0.2) is 9.67 Å². The molecule has 17 heavy (non-hydrogen) atoms. The molecule has 0 spiro atoms. The average molecular weight is 253 g/mol. The summed E-state index contributed by atoms with van der Waals surface area (Å²) < 4.78 is 1.92. The number of halogens is 1. The first-order valence-electron chi connectivity index (χ1n) is 5.62. The number of nitrogens with zero attached hydrogens (tertiary/aromatic N) is 4. The van der Waals surface area contributed by atoms with Gasteiger partial charge in [-0.15, -0.1) is 0 Å². The van der Waals surface area contributed by atoms with Gasteiger partial charge in [-0.1, -0.05) is 11.6 Å². The van der Waals surface area contributed by atoms with Crippen molar-refractivity contribution in [2.45, 2.75) is 18.9 Å². The van der Waals surface area contributed by atoms with Gasteiger partial charge in [-0.3, -0.25) is 0 Å². The Labute approximate surface area is 103 Å². The van der Waals surface area contributed by atoms with E-state index in [1.165, 1.54) is 0 Å². The maximum Gasteiger partial charge on any atom is 0.223 e. The van der Waals surface area contributed by atoms with Gasteiger partial charge in [-0.2, -0.15) is 10.1 Å². The van der Waals surface area contributed by atoms with Gasteiger partial charge in [0.05, 0.1) is 17.6 Å². The fraction of sp³-hybridized carbons (Fsp3) is 0.500. The van der Waals surface area contributed by atoms with Gasteiger partial charge in [0.2, 0.25) is 5.95 Å². The van der Waals surface area contributed by atoms with E-state index >= 15 is 0 Å². The lowest BCUT2D eigenvalue weighted by Crippen LogP contribution is -2.30. The Kier molecular flexibility index (Phi) is 2.60. The fourth-order valence-electron chi connectivity index (χ4n) is 2.23. The highest BCUT2D eigenvalue weighted by molar-refractivity contribution is 6.34. The molecule has 3 N–H and O–H groups in total. The smallest absolute Gasteiger partial charge is 0.223 e. The number of nitrogens with one attached hydrogen (secondary N) is 1. The molecule has 3 heterocycles. The van der Waals surface area contributed by atoms with Gasteiger partial charge in [0, 0.05) is 0 Å². The van der Waals surface area contributed by atoms with Gasteiger partial charge in [0.1, 0.15) is 5.15 Å². The van der Waals surface area contributed by atoms with E-state index in [0.717, 1.165) is 37.0 Å². The predicted molar refractivity (Wildman–Crippen MR) is 65.9 cm³/mol. The molecule has 0 unspecified atom stereocenters. The van der Waals surface area contributed by atoms with Crippen LogP contribution in [0.2, 0.25) is 5.15 Å². The predicted octanol–water partition coefficient (Wildman–Crippen LogP) is 0.986. The summed E-state index contributed by atoms with van der Waals surface area (Å²) in [6.07, 6.45) is 3.79. The van der Waals surface area contributed by atoms with E-state index in [1.807, 2.05) is 4.68 Å². The third-order valence-corrected chi connectivity index (χ3v) is 3.37. The van der Waals surface area contributed by atoms with Crippen LogP contribution in [0.5, 0.6) is 0 Å². The first-order chi connectivity index (χ1) is 8.25. The Morgan fingerprint density at radius 3 is 2.88 bits per heavy atom. The maximum absolute atomic E-state index is 6.02. The third kappa shape index (κ3) is 1.83. The standard InChI is InChI=1S/C10H13ClN6/c11-8-7-5-14-17(6-1-3-13-4-2-6)9(7)16-10(12)15-8/h5-6,13H,1-4H2,(H2,12,15,16). The Balaban J connectivity index is 2.10. The summed E-state index contributed by atoms with van der Waals surface area (Å²) in [5.41, 5.74) is 6.35. The fourth-order valence-corrected chi connectivity index (χ4v) is 2.45. The molecule has 0 atom stereocenters. The highest BCUT2D eigenvalue weighted by Gasteiger charge is 2.19. The first kappa shape index (κ1) is 10.7. The zero-order valence-corrected chi connectivity index (χ0v) is 9.98. The van der Waals surface area contributed by atoms with Gasteiger partial charge in [-0.05, 0) is 25.9 Å². The summed E-state index contributed by atoms with van der Waals surface area (Å²) in [6, 6.07) is 0.360. The van der Waals surface area contributed by atoms with E-state index in [1.54, 1.807) is 6.20 Å². The molecular weight excluding hydrogens is 240 g/mol. The molecule has 0 saturated carbocycles. The van der Waals surface area contributed by atoms with E-state index in [2.05, 4.69) is 20.4 Å². The van der Waals surface area contributed by atoms with Crippen LogP contribution in [-0.2, 0) is 0 Å². The van der Waals surface area contributed by atoms with Gasteiger partial charge >= 0.3 is 0 Å². The monoisotopic (exact) mass is 252 g/mol. The van der Waals surface area contributed by atoms with Crippen molar-refractivity contribution in [1.82, 2.24) is 25.1 Å². The lowest BCUT2D eigenvalue weighted by molar-refractivity contribution is 0.350. The van der Waals surface area contributed by atoms with Crippen LogP contribution in [0.1, 0.15) is 18.9 Å². The van der Waals surface area contributed by atoms with E-state index in [4.69, 9.17) is 17.3 Å². The molecule has 1 aliphatic heterocycles. The second-order valence-corrected chi connectivity index (χ2v) is 4.54. The van der Waals surface area contributed by atoms with Crippen molar-refractivity contribution in [3.8, 4) is 0 Å². The molecule has 6 nitrogen and oxygen atoms in total. The highest BCUT2D eigenvalue weighted by Crippen LogP contribution is 2.26. The third-order valence-electron chi connectivity index (χ3n) is 3.08. The van der Waals surface area contributed by atoms with Gasteiger partial charge in [0.25, 0.3) is 0 Å². The number of rotatable bonds is 1. The van der Waals surface area contributed by atoms with E-state index in [9.17, 15) is 0 Å². The number of fused-ring (bicyclic) bond motifs is 1. The second kappa shape index (κ2) is 4.12. The molecule has 0 aliphatic carbocycles. The Morgan fingerprint density at radius 1 is 1.35 bits per heavy atom. The number of nitrogens with two attached hydrogens (primary N) is 1.